The number of hydrogen-bond donors (Lipinski definition) is 1. The number of methoxy groups -OCH3 is 1. The van der Waals surface area contributed by atoms with Crippen LogP contribution in [0.5, 0.6) is 5.75 Å². The molecule has 0 saturated carbocycles. The molecular weight excluding hydrogens is 750 g/mol. The van der Waals surface area contributed by atoms with Gasteiger partial charge >= 0.3 is 6.18 Å². The number of ether oxygens (including phenoxy) is 1. The van der Waals surface area contributed by atoms with Crippen LogP contribution >= 0.6 is 35.0 Å². The van der Waals surface area contributed by atoms with Gasteiger partial charge in [0, 0.05) is 33.0 Å². The standard InChI is InChI=1S/C34H36Cl2F2N4O2S.C2HF3O2/c1-34(2,22-8-13-27(35)30(17-22)44-5)31-18-39-33(41(31)25-11-9-23(37)10-12-25)45-20-26-28(36)15-21(16-29(26)38)32(43)40-24-7-6-14-42(3,4)19-24;3-2(4,5)1(6)7/h8-13,15-18,24H,6-7,14,19-20H2,1-5H3;(H,6,7). The first-order valence-corrected chi connectivity index (χ1v) is 17.7. The smallest absolute Gasteiger partial charge is 0.430 e. The maximum atomic E-state index is 15.5. The largest absolute Gasteiger partial charge is 0.542 e. The summed E-state index contributed by atoms with van der Waals surface area (Å²) in [6.45, 7) is 5.98. The van der Waals surface area contributed by atoms with Gasteiger partial charge in [-0.1, -0.05) is 54.9 Å². The van der Waals surface area contributed by atoms with Crippen LogP contribution in [0, 0.1) is 11.6 Å². The fourth-order valence-corrected chi connectivity index (χ4v) is 7.43. The van der Waals surface area contributed by atoms with Gasteiger partial charge in [-0.15, -0.1) is 0 Å². The highest BCUT2D eigenvalue weighted by molar-refractivity contribution is 7.98. The molecule has 1 aliphatic heterocycles. The van der Waals surface area contributed by atoms with E-state index >= 15 is 4.39 Å². The zero-order chi connectivity index (χ0) is 38.6. The lowest BCUT2D eigenvalue weighted by atomic mass is 9.81. The number of carbonyl (C=O) groups excluding carboxylic acids is 2. The first kappa shape index (κ1) is 40.9. The molecular formula is C36H37Cl2F5N4O4S. The second-order valence-corrected chi connectivity index (χ2v) is 15.1. The third-order valence-corrected chi connectivity index (χ3v) is 10.3. The Balaban J connectivity index is 0.000000785. The monoisotopic (exact) mass is 786 g/mol. The van der Waals surface area contributed by atoms with E-state index in [0.29, 0.717) is 21.6 Å². The van der Waals surface area contributed by atoms with Crippen LogP contribution in [0.1, 0.15) is 53.9 Å². The number of aromatic nitrogens is 2. The average molecular weight is 788 g/mol. The summed E-state index contributed by atoms with van der Waals surface area (Å²) in [4.78, 5) is 26.5. The fourth-order valence-electron chi connectivity index (χ4n) is 5.85. The van der Waals surface area contributed by atoms with Crippen molar-refractivity contribution < 1.29 is 45.9 Å². The molecule has 5 rings (SSSR count). The van der Waals surface area contributed by atoms with Crippen molar-refractivity contribution in [1.29, 1.82) is 0 Å². The average Bonchev–Trinajstić information content (AvgIpc) is 3.49. The minimum Gasteiger partial charge on any atom is -0.542 e. The first-order valence-electron chi connectivity index (χ1n) is 15.9. The molecule has 0 bridgehead atoms. The predicted octanol–water partition coefficient (Wildman–Crippen LogP) is 7.35. The van der Waals surface area contributed by atoms with E-state index in [0.717, 1.165) is 41.7 Å². The van der Waals surface area contributed by atoms with Crippen LogP contribution in [-0.4, -0.2) is 72.4 Å². The minimum absolute atomic E-state index is 0.0241. The van der Waals surface area contributed by atoms with Gasteiger partial charge in [0.1, 0.15) is 23.4 Å². The number of rotatable bonds is 9. The van der Waals surface area contributed by atoms with Crippen molar-refractivity contribution in [2.24, 2.45) is 0 Å². The third-order valence-electron chi connectivity index (χ3n) is 8.67. The normalized spacial score (nSPS) is 15.7. The van der Waals surface area contributed by atoms with Crippen LogP contribution < -0.4 is 15.2 Å². The predicted molar refractivity (Wildman–Crippen MR) is 188 cm³/mol. The second-order valence-electron chi connectivity index (χ2n) is 13.4. The Morgan fingerprint density at radius 2 is 1.71 bits per heavy atom. The lowest BCUT2D eigenvalue weighted by Gasteiger charge is -2.38. The lowest BCUT2D eigenvalue weighted by molar-refractivity contribution is -0.896. The van der Waals surface area contributed by atoms with Gasteiger partial charge in [-0.3, -0.25) is 9.36 Å². The molecule has 1 aliphatic rings. The van der Waals surface area contributed by atoms with Gasteiger partial charge in [0.05, 0.1) is 57.2 Å². The van der Waals surface area contributed by atoms with E-state index in [4.69, 9.17) is 42.8 Å². The number of carboxylic acids is 1. The number of amides is 1. The van der Waals surface area contributed by atoms with E-state index in [9.17, 15) is 22.4 Å². The summed E-state index contributed by atoms with van der Waals surface area (Å²) in [5.74, 6) is -3.55. The number of halogens is 7. The summed E-state index contributed by atoms with van der Waals surface area (Å²) in [7, 11) is 5.85. The summed E-state index contributed by atoms with van der Waals surface area (Å²) >= 11 is 14.2. The van der Waals surface area contributed by atoms with Gasteiger partial charge < -0.3 is 24.4 Å². The number of nitrogens with zero attached hydrogens (tertiary/aromatic N) is 3. The van der Waals surface area contributed by atoms with E-state index in [-0.39, 0.29) is 39.7 Å². The van der Waals surface area contributed by atoms with Crippen LogP contribution in [0.4, 0.5) is 22.0 Å². The Labute approximate surface area is 312 Å². The maximum Gasteiger partial charge on any atom is 0.430 e. The number of carboxylic acid groups (broad SMARTS) is 1. The number of quaternary nitrogens is 1. The molecule has 280 valence electrons. The number of nitrogens with one attached hydrogen (secondary N) is 1. The molecule has 1 fully saturated rings. The summed E-state index contributed by atoms with van der Waals surface area (Å²) in [5, 5.41) is 13.1. The van der Waals surface area contributed by atoms with Crippen molar-refractivity contribution in [1.82, 2.24) is 14.9 Å². The molecule has 1 atom stereocenters. The van der Waals surface area contributed by atoms with Gasteiger partial charge in [-0.2, -0.15) is 13.2 Å². The molecule has 1 N–H and O–H groups in total. The minimum atomic E-state index is -5.19. The Morgan fingerprint density at radius 3 is 2.29 bits per heavy atom. The topological polar surface area (TPSA) is 96.3 Å². The molecule has 0 aliphatic carbocycles. The highest BCUT2D eigenvalue weighted by Gasteiger charge is 2.32. The molecule has 3 aromatic carbocycles. The molecule has 1 aromatic heterocycles. The molecule has 1 amide bonds. The summed E-state index contributed by atoms with van der Waals surface area (Å²) in [5.41, 5.74) is 2.33. The van der Waals surface area contributed by atoms with Gasteiger partial charge in [0.25, 0.3) is 5.91 Å². The van der Waals surface area contributed by atoms with E-state index in [1.807, 2.05) is 16.7 Å². The highest BCUT2D eigenvalue weighted by atomic mass is 35.5. The van der Waals surface area contributed by atoms with Crippen molar-refractivity contribution in [3.05, 3.63) is 105 Å². The van der Waals surface area contributed by atoms with E-state index < -0.39 is 23.4 Å². The van der Waals surface area contributed by atoms with Crippen LogP contribution in [0.2, 0.25) is 10.0 Å². The van der Waals surface area contributed by atoms with Gasteiger partial charge in [0.15, 0.2) is 5.16 Å². The molecule has 1 saturated heterocycles. The maximum absolute atomic E-state index is 15.5. The fraction of sp³-hybridized carbons (Fsp3) is 0.361. The van der Waals surface area contributed by atoms with Crippen molar-refractivity contribution in [2.75, 3.05) is 34.3 Å². The van der Waals surface area contributed by atoms with Crippen LogP contribution in [0.25, 0.3) is 5.69 Å². The zero-order valence-electron chi connectivity index (χ0n) is 28.9. The number of aliphatic carboxylic acids is 1. The Hall–Kier alpha value is -3.85. The van der Waals surface area contributed by atoms with Crippen molar-refractivity contribution in [3.8, 4) is 11.4 Å². The van der Waals surface area contributed by atoms with Crippen LogP contribution in [0.15, 0.2) is 66.0 Å². The SMILES string of the molecule is COc1cc(C(C)(C)c2cnc(SCc3c(F)cc(C(=O)NC4CCC[N+](C)(C)C4)cc3Cl)n2-c2ccc(F)cc2)ccc1Cl.O=C([O-])C(F)(F)F. The molecule has 16 heteroatoms. The van der Waals surface area contributed by atoms with Crippen LogP contribution in [0.3, 0.4) is 0 Å². The third kappa shape index (κ3) is 9.97. The van der Waals surface area contributed by atoms with E-state index in [1.165, 1.54) is 36.0 Å². The highest BCUT2D eigenvalue weighted by Crippen LogP contribution is 2.40. The summed E-state index contributed by atoms with van der Waals surface area (Å²) in [6.07, 6.45) is -1.52. The molecule has 1 unspecified atom stereocenters. The van der Waals surface area contributed by atoms with Crippen molar-refractivity contribution in [3.63, 3.8) is 0 Å². The number of imidazole rings is 1. The molecule has 2 heterocycles. The van der Waals surface area contributed by atoms with Gasteiger partial charge in [0.2, 0.25) is 0 Å². The lowest BCUT2D eigenvalue weighted by Crippen LogP contribution is -2.55. The molecule has 0 radical (unpaired) electrons. The first-order chi connectivity index (χ1) is 24.2. The number of piperidine rings is 1. The summed E-state index contributed by atoms with van der Waals surface area (Å²) < 4.78 is 69.2. The second kappa shape index (κ2) is 16.4. The number of carbonyl (C=O) groups is 2. The zero-order valence-corrected chi connectivity index (χ0v) is 31.2. The Kier molecular flexibility index (Phi) is 12.9. The van der Waals surface area contributed by atoms with Crippen molar-refractivity contribution >= 4 is 46.8 Å². The Bertz CT molecular complexity index is 1900. The summed E-state index contributed by atoms with van der Waals surface area (Å²) in [6, 6.07) is 14.5. The quantitative estimate of drug-likeness (QED) is 0.108. The van der Waals surface area contributed by atoms with Crippen LogP contribution in [-0.2, 0) is 16.0 Å². The number of hydrogen-bond acceptors (Lipinski definition) is 6. The van der Waals surface area contributed by atoms with Gasteiger partial charge in [-0.25, -0.2) is 13.8 Å². The molecule has 0 spiro atoms. The number of likely N-dealkylation sites (tertiary alicyclic amines) is 1. The molecule has 8 nitrogen and oxygen atoms in total. The number of alkyl halides is 3. The van der Waals surface area contributed by atoms with E-state index in [1.54, 1.807) is 31.5 Å². The Morgan fingerprint density at radius 1 is 1.06 bits per heavy atom. The molecule has 52 heavy (non-hydrogen) atoms. The number of likely N-dealkylation sites (N-methyl/N-ethyl adjacent to an activating group) is 1. The van der Waals surface area contributed by atoms with Gasteiger partial charge in [-0.05, 0) is 66.9 Å². The molecule has 4 aromatic rings. The number of thioether (sulfide) groups is 1. The van der Waals surface area contributed by atoms with Crippen molar-refractivity contribution in [2.45, 2.75) is 55.2 Å². The number of benzene rings is 3. The van der Waals surface area contributed by atoms with E-state index in [2.05, 4.69) is 33.3 Å².